The highest BCUT2D eigenvalue weighted by molar-refractivity contribution is 5.54. The van der Waals surface area contributed by atoms with Crippen LogP contribution in [0.25, 0.3) is 0 Å². The van der Waals surface area contributed by atoms with Crippen LogP contribution in [-0.4, -0.2) is 10.5 Å². The van der Waals surface area contributed by atoms with Crippen molar-refractivity contribution in [3.05, 3.63) is 24.0 Å². The summed E-state index contributed by atoms with van der Waals surface area (Å²) in [5.41, 5.74) is 1.25. The van der Waals surface area contributed by atoms with Crippen LogP contribution in [0.2, 0.25) is 0 Å². The number of hydrogen-bond donors (Lipinski definition) is 1. The molecule has 0 radical (unpaired) electrons. The number of nitrogens with zero attached hydrogens (tertiary/aromatic N) is 2. The van der Waals surface area contributed by atoms with Crippen LogP contribution in [0.3, 0.4) is 0 Å². The minimum atomic E-state index is -0.00532. The van der Waals surface area contributed by atoms with E-state index in [-0.39, 0.29) is 5.54 Å². The van der Waals surface area contributed by atoms with Crippen LogP contribution in [0, 0.1) is 11.3 Å². The fourth-order valence-corrected chi connectivity index (χ4v) is 1.05. The number of pyridine rings is 1. The molecule has 74 valence electrons. The predicted molar refractivity (Wildman–Crippen MR) is 56.9 cm³/mol. The lowest BCUT2D eigenvalue weighted by molar-refractivity contribution is 0.547. The number of nitrogens with one attached hydrogen (secondary N) is 1. The van der Waals surface area contributed by atoms with Gasteiger partial charge in [-0.2, -0.15) is 5.26 Å². The second-order valence-electron chi connectivity index (χ2n) is 3.87. The van der Waals surface area contributed by atoms with E-state index in [0.717, 1.165) is 12.1 Å². The number of aromatic nitrogens is 1. The molecular formula is C11H15N3. The average molecular weight is 189 g/mol. The average Bonchev–Trinajstić information content (AvgIpc) is 2.18. The highest BCUT2D eigenvalue weighted by atomic mass is 15.0. The van der Waals surface area contributed by atoms with Crippen molar-refractivity contribution in [2.45, 2.75) is 32.7 Å². The quantitative estimate of drug-likeness (QED) is 0.794. The van der Waals surface area contributed by atoms with Gasteiger partial charge in [0.05, 0.1) is 5.69 Å². The summed E-state index contributed by atoms with van der Waals surface area (Å²) >= 11 is 0. The van der Waals surface area contributed by atoms with Crippen molar-refractivity contribution < 1.29 is 0 Å². The first-order valence-electron chi connectivity index (χ1n) is 4.72. The lowest BCUT2D eigenvalue weighted by Gasteiger charge is -2.26. The van der Waals surface area contributed by atoms with E-state index in [1.807, 2.05) is 12.1 Å². The molecule has 0 aliphatic heterocycles. The summed E-state index contributed by atoms with van der Waals surface area (Å²) in [5, 5.41) is 12.1. The summed E-state index contributed by atoms with van der Waals surface area (Å²) < 4.78 is 0. The Morgan fingerprint density at radius 3 is 2.86 bits per heavy atom. The van der Waals surface area contributed by atoms with Gasteiger partial charge >= 0.3 is 0 Å². The van der Waals surface area contributed by atoms with E-state index >= 15 is 0 Å². The van der Waals surface area contributed by atoms with Crippen LogP contribution >= 0.6 is 0 Å². The molecular weight excluding hydrogens is 174 g/mol. The first kappa shape index (κ1) is 10.5. The molecule has 1 rings (SSSR count). The van der Waals surface area contributed by atoms with Gasteiger partial charge in [0.2, 0.25) is 0 Å². The Morgan fingerprint density at radius 1 is 1.57 bits per heavy atom. The molecule has 0 aliphatic rings. The van der Waals surface area contributed by atoms with Gasteiger partial charge in [-0.1, -0.05) is 6.92 Å². The Bertz CT molecular complexity index is 350. The van der Waals surface area contributed by atoms with E-state index in [9.17, 15) is 0 Å². The molecule has 14 heavy (non-hydrogen) atoms. The zero-order chi connectivity index (χ0) is 10.6. The molecule has 3 nitrogen and oxygen atoms in total. The lowest BCUT2D eigenvalue weighted by atomic mass is 10.0. The predicted octanol–water partition coefficient (Wildman–Crippen LogP) is 2.55. The molecule has 1 aromatic heterocycles. The Balaban J connectivity index is 2.92. The highest BCUT2D eigenvalue weighted by Crippen LogP contribution is 2.19. The smallest absolute Gasteiger partial charge is 0.163 e. The third-order valence-corrected chi connectivity index (χ3v) is 2.27. The summed E-state index contributed by atoms with van der Waals surface area (Å²) in [7, 11) is 0. The van der Waals surface area contributed by atoms with Crippen molar-refractivity contribution in [3.8, 4) is 6.07 Å². The van der Waals surface area contributed by atoms with Gasteiger partial charge in [-0.25, -0.2) is 4.98 Å². The van der Waals surface area contributed by atoms with Crippen LogP contribution in [0.5, 0.6) is 0 Å². The van der Waals surface area contributed by atoms with Crippen molar-refractivity contribution in [1.29, 1.82) is 5.26 Å². The van der Waals surface area contributed by atoms with Gasteiger partial charge < -0.3 is 5.32 Å². The number of nitriles is 1. The van der Waals surface area contributed by atoms with Crippen molar-refractivity contribution in [2.24, 2.45) is 0 Å². The second-order valence-corrected chi connectivity index (χ2v) is 3.87. The number of hydrogen-bond acceptors (Lipinski definition) is 3. The van der Waals surface area contributed by atoms with E-state index < -0.39 is 0 Å². The van der Waals surface area contributed by atoms with Gasteiger partial charge in [0, 0.05) is 11.7 Å². The van der Waals surface area contributed by atoms with Gasteiger partial charge in [0.1, 0.15) is 6.07 Å². The first-order chi connectivity index (χ1) is 6.59. The molecule has 0 bridgehead atoms. The molecule has 0 aliphatic carbocycles. The summed E-state index contributed by atoms with van der Waals surface area (Å²) in [5.74, 6) is 0. The van der Waals surface area contributed by atoms with Crippen molar-refractivity contribution in [2.75, 3.05) is 5.32 Å². The summed E-state index contributed by atoms with van der Waals surface area (Å²) in [4.78, 5) is 3.99. The molecule has 0 saturated carbocycles. The van der Waals surface area contributed by atoms with E-state index in [1.165, 1.54) is 0 Å². The Labute approximate surface area is 84.8 Å². The normalized spacial score (nSPS) is 10.7. The maximum absolute atomic E-state index is 8.84. The van der Waals surface area contributed by atoms with Crippen LogP contribution in [0.1, 0.15) is 32.9 Å². The second kappa shape index (κ2) is 4.10. The van der Waals surface area contributed by atoms with Gasteiger partial charge in [0.15, 0.2) is 5.69 Å². The number of anilines is 1. The van der Waals surface area contributed by atoms with Gasteiger partial charge in [-0.05, 0) is 32.4 Å². The standard InChI is InChI=1S/C11H15N3/c1-4-11(2,3)14-9-6-5-7-13-10(9)8-12/h5-7,14H,4H2,1-3H3. The first-order valence-corrected chi connectivity index (χ1v) is 4.72. The van der Waals surface area contributed by atoms with Crippen molar-refractivity contribution in [3.63, 3.8) is 0 Å². The molecule has 1 heterocycles. The summed E-state index contributed by atoms with van der Waals surface area (Å²) in [6, 6.07) is 5.77. The lowest BCUT2D eigenvalue weighted by Crippen LogP contribution is -2.30. The Kier molecular flexibility index (Phi) is 3.08. The zero-order valence-electron chi connectivity index (χ0n) is 8.83. The third-order valence-electron chi connectivity index (χ3n) is 2.27. The summed E-state index contributed by atoms with van der Waals surface area (Å²) in [6.07, 6.45) is 2.62. The summed E-state index contributed by atoms with van der Waals surface area (Å²) in [6.45, 7) is 6.30. The molecule has 0 atom stereocenters. The van der Waals surface area contributed by atoms with E-state index in [2.05, 4.69) is 37.1 Å². The van der Waals surface area contributed by atoms with Crippen LogP contribution in [0.15, 0.2) is 18.3 Å². The fraction of sp³-hybridized carbons (Fsp3) is 0.455. The fourth-order valence-electron chi connectivity index (χ4n) is 1.05. The number of rotatable bonds is 3. The van der Waals surface area contributed by atoms with Crippen molar-refractivity contribution in [1.82, 2.24) is 4.98 Å². The van der Waals surface area contributed by atoms with Crippen LogP contribution in [-0.2, 0) is 0 Å². The topological polar surface area (TPSA) is 48.7 Å². The van der Waals surface area contributed by atoms with Gasteiger partial charge in [-0.3, -0.25) is 0 Å². The molecule has 0 unspecified atom stereocenters. The third kappa shape index (κ3) is 2.46. The molecule has 0 aromatic carbocycles. The van der Waals surface area contributed by atoms with Gasteiger partial charge in [-0.15, -0.1) is 0 Å². The van der Waals surface area contributed by atoms with Crippen LogP contribution in [0.4, 0.5) is 5.69 Å². The minimum absolute atomic E-state index is 0.00532. The highest BCUT2D eigenvalue weighted by Gasteiger charge is 2.15. The van der Waals surface area contributed by atoms with Gasteiger partial charge in [0.25, 0.3) is 0 Å². The minimum Gasteiger partial charge on any atom is -0.378 e. The molecule has 0 spiro atoms. The molecule has 0 fully saturated rings. The Hall–Kier alpha value is -1.56. The largest absolute Gasteiger partial charge is 0.378 e. The zero-order valence-corrected chi connectivity index (χ0v) is 8.83. The van der Waals surface area contributed by atoms with Crippen molar-refractivity contribution >= 4 is 5.69 Å². The molecule has 1 N–H and O–H groups in total. The molecule has 0 amide bonds. The van der Waals surface area contributed by atoms with E-state index in [1.54, 1.807) is 6.20 Å². The SMILES string of the molecule is CCC(C)(C)Nc1cccnc1C#N. The van der Waals surface area contributed by atoms with Crippen LogP contribution < -0.4 is 5.32 Å². The maximum Gasteiger partial charge on any atom is 0.163 e. The molecule has 3 heteroatoms. The van der Waals surface area contributed by atoms with E-state index in [4.69, 9.17) is 5.26 Å². The monoisotopic (exact) mass is 189 g/mol. The van der Waals surface area contributed by atoms with E-state index in [0.29, 0.717) is 5.69 Å². The molecule has 1 aromatic rings. The molecule has 0 saturated heterocycles. The Morgan fingerprint density at radius 2 is 2.29 bits per heavy atom. The maximum atomic E-state index is 8.84.